The summed E-state index contributed by atoms with van der Waals surface area (Å²) in [7, 11) is 0. The number of rotatable bonds is 5. The summed E-state index contributed by atoms with van der Waals surface area (Å²) in [5, 5.41) is 4.22. The minimum absolute atomic E-state index is 0.376. The highest BCUT2D eigenvalue weighted by atomic mass is 16.5. The van der Waals surface area contributed by atoms with E-state index in [4.69, 9.17) is 10.5 Å². The fourth-order valence-corrected chi connectivity index (χ4v) is 2.22. The molecule has 0 fully saturated rings. The van der Waals surface area contributed by atoms with E-state index in [1.165, 1.54) is 0 Å². The second kappa shape index (κ2) is 5.94. The van der Waals surface area contributed by atoms with Crippen LogP contribution in [0.25, 0.3) is 0 Å². The standard InChI is InChI=1S/C15H22N4O/c1-10(2)7-19-14(17-9-18-19)8-20-15-12(4)5-11(3)6-13(15)16/h5-6,9-10H,7-8,16H2,1-4H3. The lowest BCUT2D eigenvalue weighted by atomic mass is 10.1. The van der Waals surface area contributed by atoms with Crippen molar-refractivity contribution in [3.63, 3.8) is 0 Å². The quantitative estimate of drug-likeness (QED) is 0.851. The minimum atomic E-state index is 0.376. The highest BCUT2D eigenvalue weighted by Gasteiger charge is 2.10. The van der Waals surface area contributed by atoms with Crippen LogP contribution in [0.4, 0.5) is 5.69 Å². The molecule has 2 aromatic rings. The molecule has 0 amide bonds. The zero-order valence-electron chi connectivity index (χ0n) is 12.6. The molecular formula is C15H22N4O. The normalized spacial score (nSPS) is 11.1. The summed E-state index contributed by atoms with van der Waals surface area (Å²) in [6, 6.07) is 3.98. The maximum atomic E-state index is 6.01. The third-order valence-electron chi connectivity index (χ3n) is 3.03. The molecule has 0 atom stereocenters. The molecule has 20 heavy (non-hydrogen) atoms. The summed E-state index contributed by atoms with van der Waals surface area (Å²) in [6.07, 6.45) is 1.56. The number of hydrogen-bond donors (Lipinski definition) is 1. The van der Waals surface area contributed by atoms with Crippen LogP contribution in [0.5, 0.6) is 5.75 Å². The molecule has 0 aliphatic heterocycles. The van der Waals surface area contributed by atoms with Crippen molar-refractivity contribution in [3.8, 4) is 5.75 Å². The van der Waals surface area contributed by atoms with Crippen LogP contribution >= 0.6 is 0 Å². The number of hydrogen-bond acceptors (Lipinski definition) is 4. The van der Waals surface area contributed by atoms with Gasteiger partial charge in [-0.05, 0) is 37.0 Å². The molecule has 2 rings (SSSR count). The predicted octanol–water partition coefficient (Wildman–Crippen LogP) is 2.71. The fourth-order valence-electron chi connectivity index (χ4n) is 2.22. The van der Waals surface area contributed by atoms with Gasteiger partial charge in [-0.3, -0.25) is 0 Å². The summed E-state index contributed by atoms with van der Waals surface area (Å²) in [5.74, 6) is 2.06. The van der Waals surface area contributed by atoms with Gasteiger partial charge < -0.3 is 10.5 Å². The molecule has 0 saturated heterocycles. The van der Waals surface area contributed by atoms with Crippen molar-refractivity contribution in [1.82, 2.24) is 14.8 Å². The number of aromatic nitrogens is 3. The maximum absolute atomic E-state index is 6.01. The largest absolute Gasteiger partial charge is 0.483 e. The Morgan fingerprint density at radius 1 is 1.30 bits per heavy atom. The third-order valence-corrected chi connectivity index (χ3v) is 3.03. The Labute approximate surface area is 119 Å². The summed E-state index contributed by atoms with van der Waals surface area (Å²) >= 11 is 0. The molecule has 0 bridgehead atoms. The Kier molecular flexibility index (Phi) is 4.27. The zero-order valence-corrected chi connectivity index (χ0v) is 12.6. The smallest absolute Gasteiger partial charge is 0.164 e. The van der Waals surface area contributed by atoms with Gasteiger partial charge in [0, 0.05) is 6.54 Å². The van der Waals surface area contributed by atoms with E-state index in [0.717, 1.165) is 29.2 Å². The van der Waals surface area contributed by atoms with Crippen LogP contribution in [0, 0.1) is 19.8 Å². The van der Waals surface area contributed by atoms with Crippen LogP contribution in [0.15, 0.2) is 18.5 Å². The fraction of sp³-hybridized carbons (Fsp3) is 0.467. The van der Waals surface area contributed by atoms with E-state index in [0.29, 0.717) is 18.2 Å². The molecule has 2 N–H and O–H groups in total. The zero-order chi connectivity index (χ0) is 14.7. The monoisotopic (exact) mass is 274 g/mol. The van der Waals surface area contributed by atoms with E-state index >= 15 is 0 Å². The summed E-state index contributed by atoms with van der Waals surface area (Å²) < 4.78 is 7.72. The Balaban J connectivity index is 2.12. The first-order valence-electron chi connectivity index (χ1n) is 6.83. The van der Waals surface area contributed by atoms with Crippen LogP contribution in [0.1, 0.15) is 30.8 Å². The van der Waals surface area contributed by atoms with Gasteiger partial charge in [-0.1, -0.05) is 19.9 Å². The SMILES string of the molecule is Cc1cc(C)c(OCc2ncnn2CC(C)C)c(N)c1. The van der Waals surface area contributed by atoms with Crippen LogP contribution in [-0.4, -0.2) is 14.8 Å². The lowest BCUT2D eigenvalue weighted by molar-refractivity contribution is 0.282. The first-order chi connectivity index (χ1) is 9.47. The number of ether oxygens (including phenoxy) is 1. The topological polar surface area (TPSA) is 66.0 Å². The van der Waals surface area contributed by atoms with Crippen molar-refractivity contribution >= 4 is 5.69 Å². The number of benzene rings is 1. The highest BCUT2D eigenvalue weighted by molar-refractivity contribution is 5.58. The summed E-state index contributed by atoms with van der Waals surface area (Å²) in [6.45, 7) is 9.52. The van der Waals surface area contributed by atoms with Crippen molar-refractivity contribution in [2.24, 2.45) is 5.92 Å². The molecule has 5 nitrogen and oxygen atoms in total. The number of nitrogens with two attached hydrogens (primary N) is 1. The Hall–Kier alpha value is -2.04. The van der Waals surface area contributed by atoms with Gasteiger partial charge in [0.1, 0.15) is 18.7 Å². The minimum Gasteiger partial charge on any atom is -0.483 e. The molecular weight excluding hydrogens is 252 g/mol. The Bertz CT molecular complexity index is 566. The average molecular weight is 274 g/mol. The van der Waals surface area contributed by atoms with Crippen LogP contribution in [-0.2, 0) is 13.2 Å². The van der Waals surface area contributed by atoms with Gasteiger partial charge in [0.2, 0.25) is 0 Å². The second-order valence-corrected chi connectivity index (χ2v) is 5.54. The molecule has 1 aromatic heterocycles. The van der Waals surface area contributed by atoms with Crippen LogP contribution in [0.2, 0.25) is 0 Å². The van der Waals surface area contributed by atoms with Gasteiger partial charge in [0.05, 0.1) is 5.69 Å². The average Bonchev–Trinajstić information content (AvgIpc) is 2.74. The third kappa shape index (κ3) is 3.29. The first-order valence-corrected chi connectivity index (χ1v) is 6.83. The molecule has 0 unspecified atom stereocenters. The molecule has 1 heterocycles. The second-order valence-electron chi connectivity index (χ2n) is 5.54. The van der Waals surface area contributed by atoms with E-state index in [1.54, 1.807) is 6.33 Å². The number of aryl methyl sites for hydroxylation is 2. The van der Waals surface area contributed by atoms with Gasteiger partial charge >= 0.3 is 0 Å². The van der Waals surface area contributed by atoms with E-state index < -0.39 is 0 Å². The van der Waals surface area contributed by atoms with Crippen molar-refractivity contribution in [2.75, 3.05) is 5.73 Å². The van der Waals surface area contributed by atoms with Crippen molar-refractivity contribution < 1.29 is 4.74 Å². The van der Waals surface area contributed by atoms with Crippen molar-refractivity contribution in [1.29, 1.82) is 0 Å². The molecule has 0 saturated carbocycles. The molecule has 5 heteroatoms. The molecule has 1 aromatic carbocycles. The predicted molar refractivity (Wildman–Crippen MR) is 79.5 cm³/mol. The first kappa shape index (κ1) is 14.4. The molecule has 0 spiro atoms. The van der Waals surface area contributed by atoms with E-state index in [1.807, 2.05) is 24.6 Å². The molecule has 108 valence electrons. The summed E-state index contributed by atoms with van der Waals surface area (Å²) in [4.78, 5) is 4.25. The number of nitrogens with zero attached hydrogens (tertiary/aromatic N) is 3. The highest BCUT2D eigenvalue weighted by Crippen LogP contribution is 2.28. The summed E-state index contributed by atoms with van der Waals surface area (Å²) in [5.41, 5.74) is 8.85. The Morgan fingerprint density at radius 2 is 2.05 bits per heavy atom. The van der Waals surface area contributed by atoms with Crippen molar-refractivity contribution in [3.05, 3.63) is 35.4 Å². The number of anilines is 1. The Morgan fingerprint density at radius 3 is 2.70 bits per heavy atom. The molecule has 0 aliphatic rings. The maximum Gasteiger partial charge on any atom is 0.164 e. The van der Waals surface area contributed by atoms with Crippen molar-refractivity contribution in [2.45, 2.75) is 40.8 Å². The van der Waals surface area contributed by atoms with Gasteiger partial charge in [0.25, 0.3) is 0 Å². The molecule has 0 aliphatic carbocycles. The van der Waals surface area contributed by atoms with Gasteiger partial charge in [-0.2, -0.15) is 5.10 Å². The molecule has 0 radical (unpaired) electrons. The van der Waals surface area contributed by atoms with Gasteiger partial charge in [0.15, 0.2) is 5.82 Å². The van der Waals surface area contributed by atoms with Crippen LogP contribution < -0.4 is 10.5 Å². The lowest BCUT2D eigenvalue weighted by Gasteiger charge is -2.13. The van der Waals surface area contributed by atoms with Crippen LogP contribution in [0.3, 0.4) is 0 Å². The van der Waals surface area contributed by atoms with E-state index in [9.17, 15) is 0 Å². The van der Waals surface area contributed by atoms with Gasteiger partial charge in [-0.15, -0.1) is 0 Å². The van der Waals surface area contributed by atoms with E-state index in [-0.39, 0.29) is 0 Å². The number of nitrogen functional groups attached to an aromatic ring is 1. The van der Waals surface area contributed by atoms with E-state index in [2.05, 4.69) is 30.0 Å². The lowest BCUT2D eigenvalue weighted by Crippen LogP contribution is -2.13. The van der Waals surface area contributed by atoms with Gasteiger partial charge in [-0.25, -0.2) is 9.67 Å².